The Morgan fingerprint density at radius 2 is 1.43 bits per heavy atom. The van der Waals surface area contributed by atoms with E-state index in [4.69, 9.17) is 4.42 Å². The third-order valence-corrected chi connectivity index (χ3v) is 15.8. The van der Waals surface area contributed by atoms with Crippen molar-refractivity contribution in [1.82, 2.24) is 8.88 Å². The fourth-order valence-electron chi connectivity index (χ4n) is 9.11. The lowest BCUT2D eigenvalue weighted by Crippen LogP contribution is -2.42. The van der Waals surface area contributed by atoms with Crippen molar-refractivity contribution in [3.05, 3.63) is 114 Å². The fourth-order valence-corrected chi connectivity index (χ4v) is 11.8. The highest BCUT2D eigenvalue weighted by molar-refractivity contribution is 7.89. The maximum absolute atomic E-state index is 14.7. The Bertz CT molecular complexity index is 3200. The van der Waals surface area contributed by atoms with Crippen LogP contribution in [0.25, 0.3) is 33.4 Å². The molecule has 61 heavy (non-hydrogen) atoms. The summed E-state index contributed by atoms with van der Waals surface area (Å²) in [4.78, 5) is 14.9. The van der Waals surface area contributed by atoms with E-state index in [0.717, 1.165) is 33.5 Å². The van der Waals surface area contributed by atoms with Gasteiger partial charge in [-0.1, -0.05) is 39.0 Å². The van der Waals surface area contributed by atoms with Gasteiger partial charge in [-0.2, -0.15) is 25.7 Å². The summed E-state index contributed by atoms with van der Waals surface area (Å²) in [7, 11) is -12.8. The average Bonchev–Trinajstić information content (AvgIpc) is 3.85. The maximum atomic E-state index is 14.7. The molecule has 0 unspecified atom stereocenters. The number of fused-ring (bicyclic) bond motifs is 4. The van der Waals surface area contributed by atoms with Crippen molar-refractivity contribution in [2.24, 2.45) is 11.3 Å². The Morgan fingerprint density at radius 3 is 2.13 bits per heavy atom. The molecular weight excluding hydrogens is 839 g/mol. The highest BCUT2D eigenvalue weighted by Crippen LogP contribution is 2.45. The summed E-state index contributed by atoms with van der Waals surface area (Å²) in [6, 6.07) is 27.4. The lowest BCUT2D eigenvalue weighted by molar-refractivity contribution is -0.131. The number of sulfonamides is 1. The van der Waals surface area contributed by atoms with Crippen LogP contribution in [-0.2, 0) is 47.9 Å². The van der Waals surface area contributed by atoms with Crippen molar-refractivity contribution >= 4 is 64.1 Å². The topological polar surface area (TPSA) is 183 Å². The van der Waals surface area contributed by atoms with E-state index < -0.39 is 35.7 Å². The van der Waals surface area contributed by atoms with E-state index in [2.05, 4.69) is 0 Å². The zero-order valence-electron chi connectivity index (χ0n) is 33.7. The molecule has 4 aromatic rings. The molecule has 1 saturated heterocycles. The molecule has 2 N–H and O–H groups in total. The number of hydrogen-bond acceptors (Lipinski definition) is 9. The summed E-state index contributed by atoms with van der Waals surface area (Å²) < 4.78 is 107. The molecule has 0 aromatic heterocycles. The highest BCUT2D eigenvalue weighted by atomic mass is 32.2. The van der Waals surface area contributed by atoms with Crippen LogP contribution in [-0.4, -0.2) is 70.6 Å². The Hall–Kier alpha value is -5.23. The van der Waals surface area contributed by atoms with Crippen molar-refractivity contribution in [3.8, 4) is 22.5 Å². The number of carbonyl (C=O) groups excluding carboxylic acids is 1. The number of nitrogens with zero attached hydrogens (tertiary/aromatic N) is 3. The minimum Gasteiger partial charge on any atom is -0.456 e. The van der Waals surface area contributed by atoms with Crippen LogP contribution >= 0.6 is 0 Å². The van der Waals surface area contributed by atoms with Gasteiger partial charge in [-0.3, -0.25) is 13.9 Å². The monoisotopic (exact) mass is 882 g/mol. The van der Waals surface area contributed by atoms with Gasteiger partial charge in [0.15, 0.2) is 6.54 Å². The predicted octanol–water partition coefficient (Wildman–Crippen LogP) is 7.07. The quantitative estimate of drug-likeness (QED) is 0.0951. The molecule has 0 atom stereocenters. The van der Waals surface area contributed by atoms with Crippen LogP contribution in [0.2, 0.25) is 0 Å². The molecule has 0 saturated carbocycles. The number of piperidine rings is 1. The van der Waals surface area contributed by atoms with E-state index in [1.54, 1.807) is 36.4 Å². The van der Waals surface area contributed by atoms with Crippen LogP contribution in [0.4, 0.5) is 17.1 Å². The van der Waals surface area contributed by atoms with Gasteiger partial charge in [0.05, 0.1) is 20.8 Å². The van der Waals surface area contributed by atoms with E-state index in [-0.39, 0.29) is 39.5 Å². The van der Waals surface area contributed by atoms with Gasteiger partial charge in [0, 0.05) is 94.6 Å². The molecule has 316 valence electrons. The summed E-state index contributed by atoms with van der Waals surface area (Å²) in [5, 5.41) is 1.42. The molecule has 0 bridgehead atoms. The number of Topliss-reactive ketones (excluding diaryl/α,β-unsaturated/α-hetero) is 1. The zero-order chi connectivity index (χ0) is 43.2. The molecule has 4 heterocycles. The summed E-state index contributed by atoms with van der Waals surface area (Å²) in [6.07, 6.45) is 1.95. The van der Waals surface area contributed by atoms with E-state index in [0.29, 0.717) is 72.2 Å². The number of anilines is 2. The summed E-state index contributed by atoms with van der Waals surface area (Å²) in [5.41, 5.74) is 5.57. The van der Waals surface area contributed by atoms with Crippen LogP contribution in [0.1, 0.15) is 44.7 Å². The van der Waals surface area contributed by atoms with Crippen molar-refractivity contribution in [3.63, 3.8) is 0 Å². The first-order valence-electron chi connectivity index (χ1n) is 20.0. The molecule has 4 aromatic carbocycles. The van der Waals surface area contributed by atoms with E-state index >= 15 is 0 Å². The molecule has 0 radical (unpaired) electrons. The smallest absolute Gasteiger partial charge is 0.294 e. The average molecular weight is 883 g/mol. The first-order valence-corrected chi connectivity index (χ1v) is 24.3. The Morgan fingerprint density at radius 1 is 0.738 bits per heavy atom. The first kappa shape index (κ1) is 41.1. The van der Waals surface area contributed by atoms with Gasteiger partial charge >= 0.3 is 0 Å². The van der Waals surface area contributed by atoms with Crippen LogP contribution in [0, 0.1) is 11.3 Å². The second-order valence-electron chi connectivity index (χ2n) is 17.0. The van der Waals surface area contributed by atoms with E-state index in [9.17, 15) is 39.2 Å². The normalized spacial score (nSPS) is 17.6. The summed E-state index contributed by atoms with van der Waals surface area (Å²) >= 11 is 0. The number of rotatable bonds is 7. The van der Waals surface area contributed by atoms with Crippen molar-refractivity contribution in [2.45, 2.75) is 61.1 Å². The lowest BCUT2D eigenvalue weighted by Gasteiger charge is -2.33. The largest absolute Gasteiger partial charge is 0.456 e. The third-order valence-electron chi connectivity index (χ3n) is 12.1. The van der Waals surface area contributed by atoms with E-state index in [1.165, 1.54) is 28.6 Å². The van der Waals surface area contributed by atoms with Crippen LogP contribution < -0.4 is 14.8 Å². The minimum absolute atomic E-state index is 0.128. The van der Waals surface area contributed by atoms with Gasteiger partial charge in [0.25, 0.3) is 20.2 Å². The Kier molecular flexibility index (Phi) is 9.92. The predicted molar refractivity (Wildman–Crippen MR) is 231 cm³/mol. The fraction of sp³-hybridized carbons (Fsp3) is 0.289. The molecule has 13 nitrogen and oxygen atoms in total. The molecule has 1 fully saturated rings. The highest BCUT2D eigenvalue weighted by Gasteiger charge is 2.37. The van der Waals surface area contributed by atoms with Crippen LogP contribution in [0.3, 0.4) is 0 Å². The molecule has 4 aliphatic heterocycles. The van der Waals surface area contributed by atoms with Gasteiger partial charge in [0.2, 0.25) is 21.1 Å². The Balaban J connectivity index is 1.20. The van der Waals surface area contributed by atoms with Crippen LogP contribution in [0.15, 0.2) is 116 Å². The van der Waals surface area contributed by atoms with Crippen LogP contribution in [0.5, 0.6) is 0 Å². The first-order chi connectivity index (χ1) is 28.8. The van der Waals surface area contributed by atoms with E-state index in [1.807, 2.05) is 66.6 Å². The summed E-state index contributed by atoms with van der Waals surface area (Å²) in [6.45, 7) is 7.17. The molecule has 0 amide bonds. The molecule has 0 spiro atoms. The lowest BCUT2D eigenvalue weighted by atomic mass is 9.79. The number of ketones is 1. The second-order valence-corrected chi connectivity index (χ2v) is 21.7. The third kappa shape index (κ3) is 7.38. The molecule has 9 rings (SSSR count). The summed E-state index contributed by atoms with van der Waals surface area (Å²) in [5.74, 6) is 0.386. The van der Waals surface area contributed by atoms with Gasteiger partial charge in [-0.25, -0.2) is 8.42 Å². The van der Waals surface area contributed by atoms with Gasteiger partial charge in [-0.05, 0) is 79.4 Å². The number of carbonyl (C=O) groups is 1. The SMILES string of the molecule is CC(C)(C)C(=O)C1CCN(S(=O)(=O)c2ccccc2-c2c3ccc(=[N+]4CCc5cc(S(=O)(=O)O)ccc54)cc-3oc3cc(N4CCc5cc(S(=O)(=O)O)ccc54)ccc23)CC1. The Labute approximate surface area is 354 Å². The molecule has 1 aliphatic carbocycles. The van der Waals surface area contributed by atoms with Gasteiger partial charge in [-0.15, -0.1) is 0 Å². The van der Waals surface area contributed by atoms with Crippen molar-refractivity contribution < 1.29 is 43.6 Å². The number of benzene rings is 5. The van der Waals surface area contributed by atoms with Crippen molar-refractivity contribution in [1.29, 1.82) is 0 Å². The van der Waals surface area contributed by atoms with Crippen molar-refractivity contribution in [2.75, 3.05) is 31.1 Å². The van der Waals surface area contributed by atoms with Gasteiger partial charge < -0.3 is 9.32 Å². The molecule has 16 heteroatoms. The number of hydrogen-bond donors (Lipinski definition) is 2. The second kappa shape index (κ2) is 14.7. The minimum atomic E-state index is -4.38. The standard InChI is InChI=1S/C45H43N3O10S3/c1-45(2,3)44(49)28-16-20-46(21-17-28)59(50,51)42-7-5-4-6-37(42)43-35-12-8-31(47-22-18-29-24-33(60(52,53)54)10-14-38(29)47)26-40(35)58-41-27-32(9-13-36(41)43)48-23-19-30-25-34(61(55,56)57)11-15-39(30)48/h4-15,24-28H,16-23H2,1-3H3,(H-,52,53,54,55,56,57)/p+1. The van der Waals surface area contributed by atoms with Gasteiger partial charge in [0.1, 0.15) is 17.1 Å². The maximum Gasteiger partial charge on any atom is 0.294 e. The zero-order valence-corrected chi connectivity index (χ0v) is 36.1. The molecule has 5 aliphatic rings. The molecular formula is C45H44N3O10S3+.